The van der Waals surface area contributed by atoms with Crippen molar-refractivity contribution in [1.29, 1.82) is 0 Å². The van der Waals surface area contributed by atoms with E-state index < -0.39 is 0 Å². The van der Waals surface area contributed by atoms with E-state index in [-0.39, 0.29) is 5.56 Å². The molecular formula is C13H17N3O2. The molecular weight excluding hydrogens is 230 g/mol. The topological polar surface area (TPSA) is 60.1 Å². The van der Waals surface area contributed by atoms with Crippen LogP contribution >= 0.6 is 0 Å². The summed E-state index contributed by atoms with van der Waals surface area (Å²) >= 11 is 0. The maximum Gasteiger partial charge on any atom is 0.267 e. The summed E-state index contributed by atoms with van der Waals surface area (Å²) in [6, 6.07) is 5.35. The predicted octanol–water partition coefficient (Wildman–Crippen LogP) is 1.30. The van der Waals surface area contributed by atoms with E-state index in [2.05, 4.69) is 10.4 Å². The number of nitrogens with one attached hydrogen (secondary N) is 1. The van der Waals surface area contributed by atoms with Gasteiger partial charge in [-0.1, -0.05) is 6.92 Å². The maximum atomic E-state index is 11.7. The summed E-state index contributed by atoms with van der Waals surface area (Å²) in [5.41, 5.74) is 0.753. The molecule has 2 heterocycles. The molecule has 0 amide bonds. The third-order valence-electron chi connectivity index (χ3n) is 2.58. The van der Waals surface area contributed by atoms with Gasteiger partial charge in [-0.25, -0.2) is 4.68 Å². The molecule has 0 fully saturated rings. The van der Waals surface area contributed by atoms with Gasteiger partial charge in [0.05, 0.1) is 12.7 Å². The van der Waals surface area contributed by atoms with Crippen molar-refractivity contribution in [3.8, 4) is 0 Å². The highest BCUT2D eigenvalue weighted by Crippen LogP contribution is 2.08. The van der Waals surface area contributed by atoms with E-state index in [0.717, 1.165) is 23.6 Å². The number of hydrogen-bond acceptors (Lipinski definition) is 4. The van der Waals surface area contributed by atoms with Crippen LogP contribution in [0.3, 0.4) is 0 Å². The highest BCUT2D eigenvalue weighted by molar-refractivity contribution is 5.08. The minimum absolute atomic E-state index is 0.111. The Morgan fingerprint density at radius 1 is 1.39 bits per heavy atom. The van der Waals surface area contributed by atoms with Crippen molar-refractivity contribution in [1.82, 2.24) is 15.1 Å². The molecule has 0 aliphatic carbocycles. The minimum Gasteiger partial charge on any atom is -0.463 e. The molecule has 0 saturated carbocycles. The Kier molecular flexibility index (Phi) is 3.94. The Hall–Kier alpha value is -1.88. The zero-order valence-corrected chi connectivity index (χ0v) is 10.6. The first-order valence-electron chi connectivity index (χ1n) is 6.01. The molecule has 0 radical (unpaired) electrons. The lowest BCUT2D eigenvalue weighted by atomic mass is 10.3. The van der Waals surface area contributed by atoms with E-state index in [1.165, 1.54) is 4.68 Å². The molecule has 18 heavy (non-hydrogen) atoms. The van der Waals surface area contributed by atoms with Crippen molar-refractivity contribution >= 4 is 0 Å². The van der Waals surface area contributed by atoms with Crippen molar-refractivity contribution in [2.45, 2.75) is 26.9 Å². The summed E-state index contributed by atoms with van der Waals surface area (Å²) in [5.74, 6) is 1.60. The molecule has 0 aliphatic heterocycles. The average Bonchev–Trinajstić information content (AvgIpc) is 2.78. The molecule has 0 aromatic carbocycles. The molecule has 0 aliphatic rings. The molecule has 5 heteroatoms. The monoisotopic (exact) mass is 247 g/mol. The molecule has 0 atom stereocenters. The lowest BCUT2D eigenvalue weighted by Crippen LogP contribution is -2.22. The molecule has 0 spiro atoms. The van der Waals surface area contributed by atoms with Crippen LogP contribution in [0.2, 0.25) is 0 Å². The Morgan fingerprint density at radius 2 is 2.17 bits per heavy atom. The van der Waals surface area contributed by atoms with Crippen LogP contribution in [-0.2, 0) is 13.1 Å². The van der Waals surface area contributed by atoms with Crippen molar-refractivity contribution in [3.05, 3.63) is 51.8 Å². The van der Waals surface area contributed by atoms with E-state index in [9.17, 15) is 4.79 Å². The number of furan rings is 1. The standard InChI is InChI=1S/C13H17N3O2/c1-3-14-8-11-4-5-12(18-11)9-16-13(17)6-10(2)7-15-16/h4-7,14H,3,8-9H2,1-2H3. The maximum absolute atomic E-state index is 11.7. The molecule has 2 rings (SSSR count). The lowest BCUT2D eigenvalue weighted by Gasteiger charge is -2.02. The van der Waals surface area contributed by atoms with Gasteiger partial charge in [-0.05, 0) is 31.2 Å². The first kappa shape index (κ1) is 12.6. The first-order chi connectivity index (χ1) is 8.69. The van der Waals surface area contributed by atoms with Gasteiger partial charge in [-0.15, -0.1) is 0 Å². The number of aryl methyl sites for hydroxylation is 1. The summed E-state index contributed by atoms with van der Waals surface area (Å²) in [4.78, 5) is 11.7. The van der Waals surface area contributed by atoms with Crippen LogP contribution in [0.25, 0.3) is 0 Å². The minimum atomic E-state index is -0.111. The normalized spacial score (nSPS) is 10.8. The molecule has 96 valence electrons. The van der Waals surface area contributed by atoms with Gasteiger partial charge >= 0.3 is 0 Å². The van der Waals surface area contributed by atoms with Crippen molar-refractivity contribution in [3.63, 3.8) is 0 Å². The van der Waals surface area contributed by atoms with E-state index in [1.807, 2.05) is 26.0 Å². The number of nitrogens with zero attached hydrogens (tertiary/aromatic N) is 2. The van der Waals surface area contributed by atoms with Crippen molar-refractivity contribution in [2.75, 3.05) is 6.54 Å². The van der Waals surface area contributed by atoms with Gasteiger partial charge in [-0.2, -0.15) is 5.10 Å². The third kappa shape index (κ3) is 3.07. The van der Waals surface area contributed by atoms with Gasteiger partial charge in [0.1, 0.15) is 18.1 Å². The van der Waals surface area contributed by atoms with Gasteiger partial charge in [0, 0.05) is 6.07 Å². The van der Waals surface area contributed by atoms with Gasteiger partial charge in [0.15, 0.2) is 0 Å². The zero-order valence-electron chi connectivity index (χ0n) is 10.6. The quantitative estimate of drug-likeness (QED) is 0.865. The van der Waals surface area contributed by atoms with Gasteiger partial charge in [-0.3, -0.25) is 4.79 Å². The fraction of sp³-hybridized carbons (Fsp3) is 0.385. The average molecular weight is 247 g/mol. The van der Waals surface area contributed by atoms with E-state index in [0.29, 0.717) is 13.1 Å². The summed E-state index contributed by atoms with van der Waals surface area (Å²) < 4.78 is 7.00. The van der Waals surface area contributed by atoms with Crippen LogP contribution in [0, 0.1) is 6.92 Å². The van der Waals surface area contributed by atoms with E-state index >= 15 is 0 Å². The summed E-state index contributed by atoms with van der Waals surface area (Å²) in [5, 5.41) is 7.26. The van der Waals surface area contributed by atoms with E-state index in [4.69, 9.17) is 4.42 Å². The van der Waals surface area contributed by atoms with Crippen LogP contribution < -0.4 is 10.9 Å². The summed E-state index contributed by atoms with van der Waals surface area (Å²) in [6.07, 6.45) is 1.67. The highest BCUT2D eigenvalue weighted by atomic mass is 16.3. The second-order valence-electron chi connectivity index (χ2n) is 4.18. The van der Waals surface area contributed by atoms with Crippen molar-refractivity contribution in [2.24, 2.45) is 0 Å². The second kappa shape index (κ2) is 5.64. The van der Waals surface area contributed by atoms with Crippen LogP contribution in [0.1, 0.15) is 24.0 Å². The highest BCUT2D eigenvalue weighted by Gasteiger charge is 2.04. The van der Waals surface area contributed by atoms with Crippen LogP contribution in [0.5, 0.6) is 0 Å². The zero-order chi connectivity index (χ0) is 13.0. The number of hydrogen-bond donors (Lipinski definition) is 1. The van der Waals surface area contributed by atoms with Crippen LogP contribution in [0.4, 0.5) is 0 Å². The number of aromatic nitrogens is 2. The fourth-order valence-corrected chi connectivity index (χ4v) is 1.64. The molecule has 1 N–H and O–H groups in total. The second-order valence-corrected chi connectivity index (χ2v) is 4.18. The molecule has 2 aromatic rings. The molecule has 0 saturated heterocycles. The molecule has 0 unspecified atom stereocenters. The number of rotatable bonds is 5. The summed E-state index contributed by atoms with van der Waals surface area (Å²) in [6.45, 7) is 5.85. The molecule has 2 aromatic heterocycles. The van der Waals surface area contributed by atoms with Gasteiger partial charge in [0.25, 0.3) is 5.56 Å². The van der Waals surface area contributed by atoms with E-state index in [1.54, 1.807) is 12.3 Å². The largest absolute Gasteiger partial charge is 0.463 e. The van der Waals surface area contributed by atoms with Gasteiger partial charge < -0.3 is 9.73 Å². The Bertz CT molecular complexity index is 572. The smallest absolute Gasteiger partial charge is 0.267 e. The Morgan fingerprint density at radius 3 is 2.89 bits per heavy atom. The fourth-order valence-electron chi connectivity index (χ4n) is 1.64. The van der Waals surface area contributed by atoms with Crippen molar-refractivity contribution < 1.29 is 4.42 Å². The molecule has 0 bridgehead atoms. The lowest BCUT2D eigenvalue weighted by molar-refractivity contribution is 0.427. The SMILES string of the molecule is CCNCc1ccc(Cn2ncc(C)cc2=O)o1. The molecule has 5 nitrogen and oxygen atoms in total. The Labute approximate surface area is 105 Å². The first-order valence-corrected chi connectivity index (χ1v) is 6.01. The third-order valence-corrected chi connectivity index (χ3v) is 2.58. The van der Waals surface area contributed by atoms with Gasteiger partial charge in [0.2, 0.25) is 0 Å². The summed E-state index contributed by atoms with van der Waals surface area (Å²) in [7, 11) is 0. The van der Waals surface area contributed by atoms with Crippen LogP contribution in [0.15, 0.2) is 33.6 Å². The Balaban J connectivity index is 2.09. The predicted molar refractivity (Wildman–Crippen MR) is 68.4 cm³/mol. The van der Waals surface area contributed by atoms with Crippen LogP contribution in [-0.4, -0.2) is 16.3 Å².